The van der Waals surface area contributed by atoms with Crippen LogP contribution in [0, 0.1) is 0 Å². The van der Waals surface area contributed by atoms with Gasteiger partial charge in [-0.05, 0) is 23.7 Å². The highest BCUT2D eigenvalue weighted by molar-refractivity contribution is 6.28. The summed E-state index contributed by atoms with van der Waals surface area (Å²) in [5, 5.41) is 1.07. The van der Waals surface area contributed by atoms with Crippen molar-refractivity contribution in [2.45, 2.75) is 0 Å². The van der Waals surface area contributed by atoms with Gasteiger partial charge in [-0.1, -0.05) is 18.2 Å². The summed E-state index contributed by atoms with van der Waals surface area (Å²) in [5.74, 6) is 0.638. The Bertz CT molecular complexity index is 736. The number of rotatable bonds is 2. The molecule has 88 valence electrons. The van der Waals surface area contributed by atoms with Crippen LogP contribution in [0.2, 0.25) is 5.28 Å². The summed E-state index contributed by atoms with van der Waals surface area (Å²) in [6, 6.07) is 9.38. The summed E-state index contributed by atoms with van der Waals surface area (Å²) in [5.41, 5.74) is 1.54. The van der Waals surface area contributed by atoms with E-state index < -0.39 is 0 Å². The number of fused-ring (bicyclic) bond motifs is 1. The smallest absolute Gasteiger partial charge is 0.224 e. The summed E-state index contributed by atoms with van der Waals surface area (Å²) in [7, 11) is 0. The molecule has 0 amide bonds. The number of aromatic nitrogens is 3. The monoisotopic (exact) mass is 257 g/mol. The van der Waals surface area contributed by atoms with Gasteiger partial charge >= 0.3 is 0 Å². The second-order valence-electron chi connectivity index (χ2n) is 3.77. The average Bonchev–Trinajstić information content (AvgIpc) is 2.77. The van der Waals surface area contributed by atoms with Crippen LogP contribution >= 0.6 is 11.6 Å². The fourth-order valence-corrected chi connectivity index (χ4v) is 2.09. The number of carbonyl (C=O) groups is 1. The van der Waals surface area contributed by atoms with Crippen LogP contribution < -0.4 is 0 Å². The molecule has 1 aromatic carbocycles. The molecule has 5 heteroatoms. The van der Waals surface area contributed by atoms with Crippen LogP contribution in [0.1, 0.15) is 10.4 Å². The standard InChI is InChI=1S/C13H8ClN3O/c14-13-15-6-5-12(16-13)17-7-9(8-18)10-3-1-2-4-11(10)17/h1-8H. The zero-order chi connectivity index (χ0) is 12.5. The van der Waals surface area contributed by atoms with Crippen LogP contribution in [-0.2, 0) is 0 Å². The molecule has 3 rings (SSSR count). The van der Waals surface area contributed by atoms with Crippen molar-refractivity contribution in [3.8, 4) is 5.82 Å². The first-order valence-corrected chi connectivity index (χ1v) is 5.71. The third-order valence-corrected chi connectivity index (χ3v) is 2.91. The zero-order valence-corrected chi connectivity index (χ0v) is 10.0. The molecule has 0 saturated heterocycles. The minimum absolute atomic E-state index is 0.179. The predicted molar refractivity (Wildman–Crippen MR) is 69.3 cm³/mol. The third-order valence-electron chi connectivity index (χ3n) is 2.73. The Hall–Kier alpha value is -2.20. The summed E-state index contributed by atoms with van der Waals surface area (Å²) in [6.07, 6.45) is 4.16. The minimum atomic E-state index is 0.179. The van der Waals surface area contributed by atoms with E-state index in [1.807, 2.05) is 28.8 Å². The van der Waals surface area contributed by atoms with Crippen molar-refractivity contribution in [2.24, 2.45) is 0 Å². The second kappa shape index (κ2) is 4.23. The maximum atomic E-state index is 11.1. The summed E-state index contributed by atoms with van der Waals surface area (Å²) < 4.78 is 1.83. The highest BCUT2D eigenvalue weighted by atomic mass is 35.5. The lowest BCUT2D eigenvalue weighted by molar-refractivity contribution is 0.112. The zero-order valence-electron chi connectivity index (χ0n) is 9.25. The Labute approximate surface area is 108 Å². The molecule has 0 aliphatic heterocycles. The minimum Gasteiger partial charge on any atom is -0.300 e. The van der Waals surface area contributed by atoms with Crippen LogP contribution in [0.25, 0.3) is 16.7 Å². The number of hydrogen-bond donors (Lipinski definition) is 0. The molecular formula is C13H8ClN3O. The van der Waals surface area contributed by atoms with Crippen LogP contribution in [0.4, 0.5) is 0 Å². The lowest BCUT2D eigenvalue weighted by Crippen LogP contribution is -1.96. The number of benzene rings is 1. The molecule has 0 atom stereocenters. The average molecular weight is 258 g/mol. The van der Waals surface area contributed by atoms with Crippen molar-refractivity contribution in [3.63, 3.8) is 0 Å². The largest absolute Gasteiger partial charge is 0.300 e. The summed E-state index contributed by atoms with van der Waals surface area (Å²) in [4.78, 5) is 19.0. The number of carbonyl (C=O) groups excluding carboxylic acids is 1. The molecule has 0 aliphatic rings. The van der Waals surface area contributed by atoms with E-state index in [1.54, 1.807) is 18.5 Å². The van der Waals surface area contributed by atoms with Gasteiger partial charge in [0.2, 0.25) is 5.28 Å². The van der Waals surface area contributed by atoms with E-state index in [-0.39, 0.29) is 5.28 Å². The number of hydrogen-bond acceptors (Lipinski definition) is 3. The Kier molecular flexibility index (Phi) is 2.57. The van der Waals surface area contributed by atoms with Crippen LogP contribution in [0.15, 0.2) is 42.7 Å². The Morgan fingerprint density at radius 3 is 2.83 bits per heavy atom. The Balaban J connectivity index is 2.33. The molecule has 3 aromatic rings. The maximum Gasteiger partial charge on any atom is 0.224 e. The van der Waals surface area contributed by atoms with E-state index >= 15 is 0 Å². The normalized spacial score (nSPS) is 10.7. The van der Waals surface area contributed by atoms with E-state index in [0.717, 1.165) is 17.2 Å². The SMILES string of the molecule is O=Cc1cn(-c2ccnc(Cl)n2)c2ccccc12. The van der Waals surface area contributed by atoms with Gasteiger partial charge in [-0.15, -0.1) is 0 Å². The quantitative estimate of drug-likeness (QED) is 0.524. The van der Waals surface area contributed by atoms with Crippen molar-refractivity contribution in [1.29, 1.82) is 0 Å². The van der Waals surface area contributed by atoms with Crippen molar-refractivity contribution in [2.75, 3.05) is 0 Å². The number of aldehydes is 1. The summed E-state index contributed by atoms with van der Waals surface area (Å²) in [6.45, 7) is 0. The molecule has 0 fully saturated rings. The van der Waals surface area contributed by atoms with Gasteiger partial charge in [0.1, 0.15) is 5.82 Å². The number of para-hydroxylation sites is 1. The maximum absolute atomic E-state index is 11.1. The second-order valence-corrected chi connectivity index (χ2v) is 4.11. The van der Waals surface area contributed by atoms with Crippen molar-refractivity contribution < 1.29 is 4.79 Å². The molecule has 0 aliphatic carbocycles. The first-order valence-electron chi connectivity index (χ1n) is 5.34. The third kappa shape index (κ3) is 1.67. The Morgan fingerprint density at radius 1 is 1.22 bits per heavy atom. The van der Waals surface area contributed by atoms with E-state index in [0.29, 0.717) is 11.4 Å². The highest BCUT2D eigenvalue weighted by Crippen LogP contribution is 2.23. The fraction of sp³-hybridized carbons (Fsp3) is 0. The van der Waals surface area contributed by atoms with Gasteiger partial charge < -0.3 is 4.57 Å². The fourth-order valence-electron chi connectivity index (χ4n) is 1.95. The molecule has 0 N–H and O–H groups in total. The molecule has 2 heterocycles. The molecule has 4 nitrogen and oxygen atoms in total. The first-order chi connectivity index (χ1) is 8.79. The van der Waals surface area contributed by atoms with Gasteiger partial charge in [-0.2, -0.15) is 4.98 Å². The highest BCUT2D eigenvalue weighted by Gasteiger charge is 2.09. The van der Waals surface area contributed by atoms with Crippen LogP contribution in [0.5, 0.6) is 0 Å². The number of nitrogens with zero attached hydrogens (tertiary/aromatic N) is 3. The van der Waals surface area contributed by atoms with E-state index in [1.165, 1.54) is 0 Å². The first kappa shape index (κ1) is 10.9. The van der Waals surface area contributed by atoms with Gasteiger partial charge in [0.05, 0.1) is 5.52 Å². The topological polar surface area (TPSA) is 47.8 Å². The van der Waals surface area contributed by atoms with Gasteiger partial charge in [0.25, 0.3) is 0 Å². The molecule has 0 spiro atoms. The molecule has 0 radical (unpaired) electrons. The molecule has 2 aromatic heterocycles. The van der Waals surface area contributed by atoms with Crippen LogP contribution in [0.3, 0.4) is 0 Å². The van der Waals surface area contributed by atoms with Gasteiger partial charge in [0, 0.05) is 23.3 Å². The van der Waals surface area contributed by atoms with E-state index in [4.69, 9.17) is 11.6 Å². The molecule has 0 bridgehead atoms. The lowest BCUT2D eigenvalue weighted by atomic mass is 10.2. The van der Waals surface area contributed by atoms with Crippen molar-refractivity contribution >= 4 is 28.8 Å². The van der Waals surface area contributed by atoms with Crippen molar-refractivity contribution in [1.82, 2.24) is 14.5 Å². The van der Waals surface area contributed by atoms with E-state index in [2.05, 4.69) is 9.97 Å². The van der Waals surface area contributed by atoms with Gasteiger partial charge in [-0.25, -0.2) is 4.98 Å². The summed E-state index contributed by atoms with van der Waals surface area (Å²) >= 11 is 5.78. The lowest BCUT2D eigenvalue weighted by Gasteiger charge is -2.03. The number of halogens is 1. The predicted octanol–water partition coefficient (Wildman–Crippen LogP) is 2.89. The van der Waals surface area contributed by atoms with Gasteiger partial charge in [-0.3, -0.25) is 4.79 Å². The van der Waals surface area contributed by atoms with Crippen LogP contribution in [-0.4, -0.2) is 20.8 Å². The van der Waals surface area contributed by atoms with Gasteiger partial charge in [0.15, 0.2) is 6.29 Å². The molecule has 0 saturated carbocycles. The molecular weight excluding hydrogens is 250 g/mol. The van der Waals surface area contributed by atoms with Crippen molar-refractivity contribution in [3.05, 3.63) is 53.6 Å². The van der Waals surface area contributed by atoms with E-state index in [9.17, 15) is 4.79 Å². The molecule has 18 heavy (non-hydrogen) atoms. The molecule has 0 unspecified atom stereocenters. The Morgan fingerprint density at radius 2 is 2.06 bits per heavy atom.